The molecule has 4 heteroatoms. The summed E-state index contributed by atoms with van der Waals surface area (Å²) in [5.74, 6) is 0. The van der Waals surface area contributed by atoms with Crippen LogP contribution in [0.5, 0.6) is 0 Å². The molecule has 0 aliphatic carbocycles. The summed E-state index contributed by atoms with van der Waals surface area (Å²) in [6, 6.07) is 17.5. The summed E-state index contributed by atoms with van der Waals surface area (Å²) in [4.78, 5) is 4.66. The second-order valence-corrected chi connectivity index (χ2v) is 5.68. The third-order valence-corrected chi connectivity index (χ3v) is 4.05. The molecule has 2 N–H and O–H groups in total. The fraction of sp³-hybridized carbons (Fsp3) is 0.0588. The van der Waals surface area contributed by atoms with Crippen LogP contribution >= 0.6 is 11.3 Å². The maximum absolute atomic E-state index is 8.81. The predicted octanol–water partition coefficient (Wildman–Crippen LogP) is 3.85. The Bertz CT molecular complexity index is 780. The molecule has 0 amide bonds. The minimum Gasteiger partial charge on any atom is -0.399 e. The van der Waals surface area contributed by atoms with E-state index in [1.54, 1.807) is 11.3 Å². The van der Waals surface area contributed by atoms with Gasteiger partial charge in [0.25, 0.3) is 0 Å². The van der Waals surface area contributed by atoms with Gasteiger partial charge in [0.1, 0.15) is 0 Å². The number of nitrogens with zero attached hydrogens (tertiary/aromatic N) is 2. The van der Waals surface area contributed by atoms with Crippen LogP contribution in [-0.4, -0.2) is 4.98 Å². The standard InChI is InChI=1S/C17H13N3S/c18-10-13-1-5-14(6-2-13)16-11-21-17(20-16)9-12-3-7-15(19)8-4-12/h1-8,11H,9,19H2. The van der Waals surface area contributed by atoms with Gasteiger partial charge in [-0.15, -0.1) is 11.3 Å². The molecule has 0 fully saturated rings. The number of nitrogens with two attached hydrogens (primary N) is 1. The van der Waals surface area contributed by atoms with Gasteiger partial charge in [-0.1, -0.05) is 24.3 Å². The van der Waals surface area contributed by atoms with Gasteiger partial charge in [0.15, 0.2) is 0 Å². The van der Waals surface area contributed by atoms with Gasteiger partial charge in [-0.3, -0.25) is 0 Å². The van der Waals surface area contributed by atoms with E-state index in [1.807, 2.05) is 53.9 Å². The number of thiazole rings is 1. The molecule has 102 valence electrons. The molecule has 0 radical (unpaired) electrons. The summed E-state index contributed by atoms with van der Waals surface area (Å²) in [7, 11) is 0. The molecule has 2 aromatic carbocycles. The van der Waals surface area contributed by atoms with Crippen LogP contribution in [0.4, 0.5) is 5.69 Å². The SMILES string of the molecule is N#Cc1ccc(-c2csc(Cc3ccc(N)cc3)n2)cc1. The Hall–Kier alpha value is -2.64. The molecule has 0 saturated heterocycles. The van der Waals surface area contributed by atoms with Crippen LogP contribution in [0.25, 0.3) is 11.3 Å². The lowest BCUT2D eigenvalue weighted by Gasteiger charge is -1.99. The number of benzene rings is 2. The van der Waals surface area contributed by atoms with Crippen LogP contribution in [0.1, 0.15) is 16.1 Å². The smallest absolute Gasteiger partial charge is 0.0991 e. The molecule has 0 atom stereocenters. The lowest BCUT2D eigenvalue weighted by molar-refractivity contribution is 1.14. The van der Waals surface area contributed by atoms with E-state index in [1.165, 1.54) is 5.56 Å². The molecule has 0 spiro atoms. The van der Waals surface area contributed by atoms with E-state index in [9.17, 15) is 0 Å². The van der Waals surface area contributed by atoms with Crippen LogP contribution in [0.15, 0.2) is 53.9 Å². The molecule has 0 aliphatic rings. The summed E-state index contributed by atoms with van der Waals surface area (Å²) in [5, 5.41) is 11.9. The summed E-state index contributed by atoms with van der Waals surface area (Å²) in [6.45, 7) is 0. The van der Waals surface area contributed by atoms with Crippen LogP contribution < -0.4 is 5.73 Å². The lowest BCUT2D eigenvalue weighted by Crippen LogP contribution is -1.89. The number of rotatable bonds is 3. The fourth-order valence-electron chi connectivity index (χ4n) is 2.05. The van der Waals surface area contributed by atoms with E-state index in [0.29, 0.717) is 5.56 Å². The van der Waals surface area contributed by atoms with E-state index >= 15 is 0 Å². The van der Waals surface area contributed by atoms with E-state index in [4.69, 9.17) is 11.0 Å². The van der Waals surface area contributed by atoms with Gasteiger partial charge in [-0.2, -0.15) is 5.26 Å². The van der Waals surface area contributed by atoms with Crippen molar-refractivity contribution in [1.29, 1.82) is 5.26 Å². The fourth-order valence-corrected chi connectivity index (χ4v) is 2.89. The number of aromatic nitrogens is 1. The Balaban J connectivity index is 1.79. The predicted molar refractivity (Wildman–Crippen MR) is 85.9 cm³/mol. The topological polar surface area (TPSA) is 62.7 Å². The Kier molecular flexibility index (Phi) is 3.67. The molecule has 0 saturated carbocycles. The summed E-state index contributed by atoms with van der Waals surface area (Å²) >= 11 is 1.65. The number of hydrogen-bond donors (Lipinski definition) is 1. The van der Waals surface area contributed by atoms with Gasteiger partial charge >= 0.3 is 0 Å². The number of nitrogen functional groups attached to an aromatic ring is 1. The lowest BCUT2D eigenvalue weighted by atomic mass is 10.1. The van der Waals surface area contributed by atoms with Crippen molar-refractivity contribution in [2.45, 2.75) is 6.42 Å². The molecule has 3 nitrogen and oxygen atoms in total. The van der Waals surface area contributed by atoms with Crippen molar-refractivity contribution in [2.75, 3.05) is 5.73 Å². The maximum atomic E-state index is 8.81. The zero-order valence-corrected chi connectivity index (χ0v) is 12.1. The molecule has 3 aromatic rings. The molecule has 0 bridgehead atoms. The van der Waals surface area contributed by atoms with Gasteiger partial charge in [-0.25, -0.2) is 4.98 Å². The highest BCUT2D eigenvalue weighted by molar-refractivity contribution is 7.10. The minimum absolute atomic E-state index is 0.663. The molecule has 21 heavy (non-hydrogen) atoms. The largest absolute Gasteiger partial charge is 0.399 e. The van der Waals surface area contributed by atoms with Gasteiger partial charge in [0, 0.05) is 23.1 Å². The average molecular weight is 291 g/mol. The monoisotopic (exact) mass is 291 g/mol. The summed E-state index contributed by atoms with van der Waals surface area (Å²) < 4.78 is 0. The van der Waals surface area contributed by atoms with Crippen LogP contribution in [-0.2, 0) is 6.42 Å². The summed E-state index contributed by atoms with van der Waals surface area (Å²) in [5.41, 5.74) is 10.3. The molecule has 1 heterocycles. The average Bonchev–Trinajstić information content (AvgIpc) is 2.98. The van der Waals surface area contributed by atoms with Gasteiger partial charge in [0.05, 0.1) is 22.3 Å². The Morgan fingerprint density at radius 3 is 2.43 bits per heavy atom. The molecule has 1 aromatic heterocycles. The number of nitriles is 1. The Morgan fingerprint density at radius 2 is 1.76 bits per heavy atom. The number of hydrogen-bond acceptors (Lipinski definition) is 4. The molecule has 0 unspecified atom stereocenters. The third-order valence-electron chi connectivity index (χ3n) is 3.20. The molecule has 0 aliphatic heterocycles. The molecular weight excluding hydrogens is 278 g/mol. The molecular formula is C17H13N3S. The minimum atomic E-state index is 0.663. The van der Waals surface area contributed by atoms with Crippen LogP contribution in [0, 0.1) is 11.3 Å². The molecule has 3 rings (SSSR count). The first-order chi connectivity index (χ1) is 10.2. The second kappa shape index (κ2) is 5.78. The zero-order chi connectivity index (χ0) is 14.7. The highest BCUT2D eigenvalue weighted by atomic mass is 32.1. The normalized spacial score (nSPS) is 10.2. The first-order valence-corrected chi connectivity index (χ1v) is 7.42. The van der Waals surface area contributed by atoms with E-state index in [2.05, 4.69) is 11.1 Å². The van der Waals surface area contributed by atoms with Gasteiger partial charge in [0.2, 0.25) is 0 Å². The van der Waals surface area contributed by atoms with Crippen molar-refractivity contribution in [3.8, 4) is 17.3 Å². The quantitative estimate of drug-likeness (QED) is 0.745. The maximum Gasteiger partial charge on any atom is 0.0991 e. The van der Waals surface area contributed by atoms with E-state index < -0.39 is 0 Å². The van der Waals surface area contributed by atoms with Crippen molar-refractivity contribution in [3.05, 3.63) is 70.0 Å². The van der Waals surface area contributed by atoms with Gasteiger partial charge in [-0.05, 0) is 29.8 Å². The highest BCUT2D eigenvalue weighted by Gasteiger charge is 2.05. The van der Waals surface area contributed by atoms with E-state index in [0.717, 1.165) is 28.4 Å². The van der Waals surface area contributed by atoms with Crippen molar-refractivity contribution in [2.24, 2.45) is 0 Å². The van der Waals surface area contributed by atoms with Crippen molar-refractivity contribution in [3.63, 3.8) is 0 Å². The second-order valence-electron chi connectivity index (χ2n) is 4.73. The Morgan fingerprint density at radius 1 is 1.05 bits per heavy atom. The van der Waals surface area contributed by atoms with Crippen LogP contribution in [0.3, 0.4) is 0 Å². The first-order valence-electron chi connectivity index (χ1n) is 6.54. The zero-order valence-electron chi connectivity index (χ0n) is 11.3. The Labute approximate surface area is 127 Å². The first kappa shape index (κ1) is 13.3. The third kappa shape index (κ3) is 3.10. The van der Waals surface area contributed by atoms with Crippen molar-refractivity contribution in [1.82, 2.24) is 4.98 Å². The van der Waals surface area contributed by atoms with E-state index in [-0.39, 0.29) is 0 Å². The number of anilines is 1. The van der Waals surface area contributed by atoms with Crippen molar-refractivity contribution >= 4 is 17.0 Å². The summed E-state index contributed by atoms with van der Waals surface area (Å²) in [6.07, 6.45) is 0.807. The van der Waals surface area contributed by atoms with Crippen molar-refractivity contribution < 1.29 is 0 Å². The highest BCUT2D eigenvalue weighted by Crippen LogP contribution is 2.24. The van der Waals surface area contributed by atoms with Gasteiger partial charge < -0.3 is 5.73 Å². The van der Waals surface area contributed by atoms with Crippen LogP contribution in [0.2, 0.25) is 0 Å².